The van der Waals surface area contributed by atoms with Crippen LogP contribution in [0.5, 0.6) is 0 Å². The quantitative estimate of drug-likeness (QED) is 0.699. The van der Waals surface area contributed by atoms with Crippen LogP contribution in [-0.2, 0) is 19.4 Å². The number of carbonyl (C=O) groups is 1. The van der Waals surface area contributed by atoms with Crippen molar-refractivity contribution >= 4 is 15.7 Å². The molecule has 0 aliphatic rings. The first-order valence-electron chi connectivity index (χ1n) is 6.68. The Bertz CT molecular complexity index is 499. The summed E-state index contributed by atoms with van der Waals surface area (Å²) in [7, 11) is -3.38. The van der Waals surface area contributed by atoms with E-state index in [1.165, 1.54) is 12.1 Å². The third kappa shape index (κ3) is 6.16. The fourth-order valence-corrected chi connectivity index (χ4v) is 2.87. The summed E-state index contributed by atoms with van der Waals surface area (Å²) in [5, 5.41) is 2.68. The number of nitrogens with one attached hydrogen (secondary N) is 1. The summed E-state index contributed by atoms with van der Waals surface area (Å²) in [6.45, 7) is 3.67. The highest BCUT2D eigenvalue weighted by atomic mass is 32.2. The molecule has 1 amide bonds. The third-order valence-electron chi connectivity index (χ3n) is 2.69. The van der Waals surface area contributed by atoms with Crippen LogP contribution in [0, 0.1) is 0 Å². The SMILES string of the molecule is CCOCCCNC(=O)CCS(=O)(=O)c1ccccc1. The van der Waals surface area contributed by atoms with Crippen LogP contribution in [0.1, 0.15) is 19.8 Å². The van der Waals surface area contributed by atoms with Crippen molar-refractivity contribution in [3.63, 3.8) is 0 Å². The van der Waals surface area contributed by atoms with E-state index in [4.69, 9.17) is 4.74 Å². The Hall–Kier alpha value is -1.40. The molecule has 1 rings (SSSR count). The predicted octanol–water partition coefficient (Wildman–Crippen LogP) is 1.39. The molecule has 0 spiro atoms. The van der Waals surface area contributed by atoms with Crippen LogP contribution in [0.15, 0.2) is 35.2 Å². The summed E-state index contributed by atoms with van der Waals surface area (Å²) < 4.78 is 29.0. The van der Waals surface area contributed by atoms with E-state index in [0.29, 0.717) is 19.8 Å². The van der Waals surface area contributed by atoms with Gasteiger partial charge < -0.3 is 10.1 Å². The third-order valence-corrected chi connectivity index (χ3v) is 4.42. The average Bonchev–Trinajstić information content (AvgIpc) is 2.46. The van der Waals surface area contributed by atoms with Crippen molar-refractivity contribution in [3.8, 4) is 0 Å². The van der Waals surface area contributed by atoms with Crippen molar-refractivity contribution in [2.45, 2.75) is 24.7 Å². The first-order valence-corrected chi connectivity index (χ1v) is 8.33. The van der Waals surface area contributed by atoms with Gasteiger partial charge in [-0.1, -0.05) is 18.2 Å². The van der Waals surface area contributed by atoms with Crippen molar-refractivity contribution < 1.29 is 17.9 Å². The largest absolute Gasteiger partial charge is 0.382 e. The zero-order valence-corrected chi connectivity index (χ0v) is 12.5. The van der Waals surface area contributed by atoms with E-state index < -0.39 is 9.84 Å². The fraction of sp³-hybridized carbons (Fsp3) is 0.500. The van der Waals surface area contributed by atoms with Gasteiger partial charge in [0, 0.05) is 26.2 Å². The fourth-order valence-electron chi connectivity index (χ4n) is 1.61. The molecule has 1 aromatic rings. The first-order chi connectivity index (χ1) is 9.56. The molecule has 0 fully saturated rings. The molecule has 0 saturated carbocycles. The maximum absolute atomic E-state index is 12.0. The summed E-state index contributed by atoms with van der Waals surface area (Å²) in [6, 6.07) is 8.16. The number of benzene rings is 1. The average molecular weight is 299 g/mol. The summed E-state index contributed by atoms with van der Waals surface area (Å²) in [6.07, 6.45) is 0.705. The van der Waals surface area contributed by atoms with Crippen molar-refractivity contribution in [2.24, 2.45) is 0 Å². The molecular formula is C14H21NO4S. The number of rotatable bonds is 9. The van der Waals surface area contributed by atoms with Crippen LogP contribution < -0.4 is 5.32 Å². The standard InChI is InChI=1S/C14H21NO4S/c1-2-19-11-6-10-15-14(16)9-12-20(17,18)13-7-4-3-5-8-13/h3-5,7-8H,2,6,9-12H2,1H3,(H,15,16). The zero-order chi connectivity index (χ0) is 14.8. The second-order valence-electron chi connectivity index (χ2n) is 4.28. The van der Waals surface area contributed by atoms with Crippen LogP contribution in [0.3, 0.4) is 0 Å². The Labute approximate surface area is 120 Å². The van der Waals surface area contributed by atoms with Crippen LogP contribution in [0.4, 0.5) is 0 Å². The van der Waals surface area contributed by atoms with E-state index in [9.17, 15) is 13.2 Å². The highest BCUT2D eigenvalue weighted by Crippen LogP contribution is 2.10. The molecule has 0 heterocycles. The molecule has 0 unspecified atom stereocenters. The van der Waals surface area contributed by atoms with Gasteiger partial charge in [-0.15, -0.1) is 0 Å². The van der Waals surface area contributed by atoms with E-state index in [1.807, 2.05) is 6.92 Å². The Morgan fingerprint density at radius 2 is 1.95 bits per heavy atom. The van der Waals surface area contributed by atoms with Crippen LogP contribution in [0.25, 0.3) is 0 Å². The van der Waals surface area contributed by atoms with Crippen LogP contribution in [-0.4, -0.2) is 39.8 Å². The van der Waals surface area contributed by atoms with Gasteiger partial charge in [-0.3, -0.25) is 4.79 Å². The highest BCUT2D eigenvalue weighted by Gasteiger charge is 2.15. The lowest BCUT2D eigenvalue weighted by Gasteiger charge is -2.06. The minimum absolute atomic E-state index is 0.0220. The number of amides is 1. The number of sulfone groups is 1. The molecule has 0 bridgehead atoms. The van der Waals surface area contributed by atoms with Crippen LogP contribution >= 0.6 is 0 Å². The Morgan fingerprint density at radius 1 is 1.25 bits per heavy atom. The van der Waals surface area contributed by atoms with Crippen molar-refractivity contribution in [2.75, 3.05) is 25.5 Å². The van der Waals surface area contributed by atoms with Gasteiger partial charge in [-0.2, -0.15) is 0 Å². The maximum Gasteiger partial charge on any atom is 0.221 e. The van der Waals surface area contributed by atoms with Crippen molar-refractivity contribution in [1.82, 2.24) is 5.32 Å². The molecule has 1 N–H and O–H groups in total. The number of ether oxygens (including phenoxy) is 1. The van der Waals surface area contributed by atoms with Gasteiger partial charge in [0.1, 0.15) is 0 Å². The van der Waals surface area contributed by atoms with Gasteiger partial charge in [0.05, 0.1) is 10.6 Å². The lowest BCUT2D eigenvalue weighted by Crippen LogP contribution is -2.27. The topological polar surface area (TPSA) is 72.5 Å². The second kappa shape index (κ2) is 8.71. The molecule has 0 saturated heterocycles. The zero-order valence-electron chi connectivity index (χ0n) is 11.7. The van der Waals surface area contributed by atoms with Gasteiger partial charge in [0.25, 0.3) is 0 Å². The van der Waals surface area contributed by atoms with Gasteiger partial charge in [0.15, 0.2) is 9.84 Å². The van der Waals surface area contributed by atoms with Crippen molar-refractivity contribution in [3.05, 3.63) is 30.3 Å². The van der Waals surface area contributed by atoms with E-state index in [0.717, 1.165) is 6.42 Å². The Kier molecular flexibility index (Phi) is 7.25. The molecule has 112 valence electrons. The lowest BCUT2D eigenvalue weighted by atomic mass is 10.4. The van der Waals surface area contributed by atoms with E-state index >= 15 is 0 Å². The van der Waals surface area contributed by atoms with Crippen molar-refractivity contribution in [1.29, 1.82) is 0 Å². The molecule has 6 heteroatoms. The summed E-state index contributed by atoms with van der Waals surface area (Å²) in [4.78, 5) is 11.8. The molecule has 5 nitrogen and oxygen atoms in total. The lowest BCUT2D eigenvalue weighted by molar-refractivity contribution is -0.120. The normalized spacial score (nSPS) is 11.2. The van der Waals surface area contributed by atoms with E-state index in [2.05, 4.69) is 5.32 Å². The van der Waals surface area contributed by atoms with E-state index in [-0.39, 0.29) is 23.0 Å². The second-order valence-corrected chi connectivity index (χ2v) is 6.39. The molecule has 20 heavy (non-hydrogen) atoms. The number of hydrogen-bond acceptors (Lipinski definition) is 4. The maximum atomic E-state index is 12.0. The molecule has 0 atom stereocenters. The molecule has 0 aliphatic heterocycles. The summed E-state index contributed by atoms with van der Waals surface area (Å²) in [5.74, 6) is -0.421. The van der Waals surface area contributed by atoms with E-state index in [1.54, 1.807) is 18.2 Å². The number of hydrogen-bond donors (Lipinski definition) is 1. The number of carbonyl (C=O) groups excluding carboxylic acids is 1. The molecule has 0 aromatic heterocycles. The van der Waals surface area contributed by atoms with Gasteiger partial charge in [-0.25, -0.2) is 8.42 Å². The molecule has 1 aromatic carbocycles. The minimum Gasteiger partial charge on any atom is -0.382 e. The minimum atomic E-state index is -3.38. The monoisotopic (exact) mass is 299 g/mol. The van der Waals surface area contributed by atoms with Crippen LogP contribution in [0.2, 0.25) is 0 Å². The highest BCUT2D eigenvalue weighted by molar-refractivity contribution is 7.91. The Morgan fingerprint density at radius 3 is 2.60 bits per heavy atom. The summed E-state index contributed by atoms with van der Waals surface area (Å²) in [5.41, 5.74) is 0. The van der Waals surface area contributed by atoms with Gasteiger partial charge >= 0.3 is 0 Å². The molecule has 0 radical (unpaired) electrons. The van der Waals surface area contributed by atoms with Gasteiger partial charge in [0.2, 0.25) is 5.91 Å². The molecule has 0 aliphatic carbocycles. The molecular weight excluding hydrogens is 278 g/mol. The smallest absolute Gasteiger partial charge is 0.221 e. The van der Waals surface area contributed by atoms with Gasteiger partial charge in [-0.05, 0) is 25.5 Å². The first kappa shape index (κ1) is 16.7. The predicted molar refractivity (Wildman–Crippen MR) is 77.2 cm³/mol. The summed E-state index contributed by atoms with van der Waals surface area (Å²) >= 11 is 0. The Balaban J connectivity index is 2.30.